The van der Waals surface area contributed by atoms with Gasteiger partial charge in [-0.05, 0) is 80.1 Å². The zero-order valence-electron chi connectivity index (χ0n) is 23.5. The first-order valence-electron chi connectivity index (χ1n) is 13.4. The minimum absolute atomic E-state index is 0.0535. The molecule has 210 valence electrons. The van der Waals surface area contributed by atoms with E-state index in [1.165, 1.54) is 4.90 Å². The summed E-state index contributed by atoms with van der Waals surface area (Å²) >= 11 is 0. The van der Waals surface area contributed by atoms with Gasteiger partial charge in [0, 0.05) is 37.9 Å². The van der Waals surface area contributed by atoms with Crippen molar-refractivity contribution in [1.82, 2.24) is 15.2 Å². The molecule has 1 heterocycles. The number of hydrogen-bond acceptors (Lipinski definition) is 6. The molecule has 0 saturated heterocycles. The van der Waals surface area contributed by atoms with Gasteiger partial charge in [0.15, 0.2) is 0 Å². The van der Waals surface area contributed by atoms with Crippen LogP contribution in [0.3, 0.4) is 0 Å². The third-order valence-electron chi connectivity index (χ3n) is 6.54. The van der Waals surface area contributed by atoms with Crippen LogP contribution in [0.1, 0.15) is 43.0 Å². The van der Waals surface area contributed by atoms with E-state index in [2.05, 4.69) is 20.9 Å². The molecule has 0 spiro atoms. The van der Waals surface area contributed by atoms with Crippen LogP contribution in [-0.4, -0.2) is 47.0 Å². The van der Waals surface area contributed by atoms with Crippen molar-refractivity contribution in [2.45, 2.75) is 52.3 Å². The summed E-state index contributed by atoms with van der Waals surface area (Å²) in [6.07, 6.45) is 2.54. The van der Waals surface area contributed by atoms with Gasteiger partial charge in [-0.15, -0.1) is 0 Å². The van der Waals surface area contributed by atoms with Gasteiger partial charge in [-0.25, -0.2) is 9.78 Å². The number of amides is 3. The van der Waals surface area contributed by atoms with Crippen molar-refractivity contribution in [1.29, 1.82) is 0 Å². The van der Waals surface area contributed by atoms with Gasteiger partial charge in [-0.1, -0.05) is 36.4 Å². The topological polar surface area (TPSA) is 113 Å². The van der Waals surface area contributed by atoms with Gasteiger partial charge in [0.05, 0.1) is 6.54 Å². The molecule has 3 N–H and O–H groups in total. The average Bonchev–Trinajstić information content (AvgIpc) is 3.33. The van der Waals surface area contributed by atoms with Gasteiger partial charge < -0.3 is 25.6 Å². The molecular formula is C31H37N5O4. The Labute approximate surface area is 235 Å². The summed E-state index contributed by atoms with van der Waals surface area (Å²) in [4.78, 5) is 43.4. The Balaban J connectivity index is 1.26. The number of fused-ring (bicyclic) bond motifs is 1. The number of carbonyl (C=O) groups is 3. The Morgan fingerprint density at radius 1 is 0.950 bits per heavy atom. The molecule has 1 aromatic heterocycles. The molecule has 0 saturated carbocycles. The summed E-state index contributed by atoms with van der Waals surface area (Å²) < 4.78 is 5.45. The van der Waals surface area contributed by atoms with E-state index >= 15 is 0 Å². The summed E-state index contributed by atoms with van der Waals surface area (Å²) in [5.41, 5.74) is 4.30. The van der Waals surface area contributed by atoms with Crippen molar-refractivity contribution in [3.8, 4) is 0 Å². The highest BCUT2D eigenvalue weighted by Crippen LogP contribution is 2.30. The first-order chi connectivity index (χ1) is 19.1. The maximum atomic E-state index is 12.7. The third kappa shape index (κ3) is 8.13. The lowest BCUT2D eigenvalue weighted by Crippen LogP contribution is -2.34. The molecule has 3 amide bonds. The number of benzene rings is 2. The number of anilines is 2. The minimum atomic E-state index is -0.560. The Bertz CT molecular complexity index is 1350. The maximum Gasteiger partial charge on any atom is 0.410 e. The Hall–Kier alpha value is -4.24. The van der Waals surface area contributed by atoms with Crippen LogP contribution in [0.5, 0.6) is 0 Å². The van der Waals surface area contributed by atoms with Crippen LogP contribution in [0.15, 0.2) is 66.9 Å². The van der Waals surface area contributed by atoms with Crippen LogP contribution in [-0.2, 0) is 40.3 Å². The number of carbonyl (C=O) groups excluding carboxylic acids is 3. The zero-order chi connectivity index (χ0) is 28.7. The molecule has 0 fully saturated rings. The number of rotatable bonds is 9. The predicted molar refractivity (Wildman–Crippen MR) is 155 cm³/mol. The fourth-order valence-corrected chi connectivity index (χ4v) is 4.61. The lowest BCUT2D eigenvalue weighted by atomic mass is 10.1. The lowest BCUT2D eigenvalue weighted by molar-refractivity contribution is -0.119. The number of nitrogens with zero attached hydrogens (tertiary/aromatic N) is 2. The summed E-state index contributed by atoms with van der Waals surface area (Å²) in [6.45, 7) is 6.51. The van der Waals surface area contributed by atoms with Gasteiger partial charge in [-0.3, -0.25) is 9.59 Å². The summed E-state index contributed by atoms with van der Waals surface area (Å²) in [5.74, 6) is 0.161. The van der Waals surface area contributed by atoms with Crippen molar-refractivity contribution in [2.24, 2.45) is 5.92 Å². The first-order valence-corrected chi connectivity index (χ1v) is 13.4. The molecule has 40 heavy (non-hydrogen) atoms. The van der Waals surface area contributed by atoms with E-state index in [4.69, 9.17) is 4.74 Å². The molecule has 0 aliphatic heterocycles. The fraction of sp³-hybridized carbons (Fsp3) is 0.355. The van der Waals surface area contributed by atoms with Gasteiger partial charge >= 0.3 is 6.09 Å². The van der Waals surface area contributed by atoms with E-state index in [1.54, 1.807) is 25.4 Å². The Morgan fingerprint density at radius 2 is 1.68 bits per heavy atom. The van der Waals surface area contributed by atoms with E-state index in [0.29, 0.717) is 37.4 Å². The van der Waals surface area contributed by atoms with Gasteiger partial charge in [0.25, 0.3) is 0 Å². The van der Waals surface area contributed by atoms with Crippen molar-refractivity contribution in [3.05, 3.63) is 89.1 Å². The van der Waals surface area contributed by atoms with Crippen LogP contribution in [0.4, 0.5) is 16.3 Å². The number of nitrogens with one attached hydrogen (secondary N) is 3. The molecule has 0 unspecified atom stereocenters. The lowest BCUT2D eigenvalue weighted by Gasteiger charge is -2.25. The second-order valence-electron chi connectivity index (χ2n) is 11.0. The Morgan fingerprint density at radius 3 is 2.40 bits per heavy atom. The molecule has 1 aliphatic carbocycles. The SMILES string of the molecule is CN(Cc1ccccc1CNCC(=O)Nc1ccc2c(c1)C[C@H](C(=O)Nc1ccccn1)C2)C(=O)OC(C)(C)C. The minimum Gasteiger partial charge on any atom is -0.444 e. The van der Waals surface area contributed by atoms with Crippen LogP contribution in [0.25, 0.3) is 0 Å². The zero-order valence-corrected chi connectivity index (χ0v) is 23.5. The number of ether oxygens (including phenoxy) is 1. The number of pyridine rings is 1. The standard InChI is InChI=1S/C31H37N5O4/c1-31(2,3)40-30(39)36(4)20-23-10-6-5-9-22(23)18-32-19-28(37)34-26-13-12-21-15-25(16-24(21)17-26)29(38)35-27-11-7-8-14-33-27/h5-14,17,25,32H,15-16,18-20H2,1-4H3,(H,34,37)(H,33,35,38)/t25-/m1/s1. The smallest absolute Gasteiger partial charge is 0.410 e. The number of hydrogen-bond donors (Lipinski definition) is 3. The molecule has 2 aromatic carbocycles. The van der Waals surface area contributed by atoms with Gasteiger partial charge in [0.1, 0.15) is 11.4 Å². The van der Waals surface area contributed by atoms with Gasteiger partial charge in [0.2, 0.25) is 11.8 Å². The van der Waals surface area contributed by atoms with E-state index < -0.39 is 5.60 Å². The second kappa shape index (κ2) is 12.7. The summed E-state index contributed by atoms with van der Waals surface area (Å²) in [5, 5.41) is 9.02. The van der Waals surface area contributed by atoms with E-state index in [0.717, 1.165) is 22.3 Å². The molecular weight excluding hydrogens is 506 g/mol. The summed E-state index contributed by atoms with van der Waals surface area (Å²) in [7, 11) is 1.71. The molecule has 9 nitrogen and oxygen atoms in total. The molecule has 1 aliphatic rings. The maximum absolute atomic E-state index is 12.7. The number of aromatic nitrogens is 1. The summed E-state index contributed by atoms with van der Waals surface area (Å²) in [6, 6.07) is 19.0. The monoisotopic (exact) mass is 543 g/mol. The van der Waals surface area contributed by atoms with Crippen molar-refractivity contribution in [3.63, 3.8) is 0 Å². The highest BCUT2D eigenvalue weighted by atomic mass is 16.6. The van der Waals surface area contributed by atoms with E-state index in [1.807, 2.05) is 69.3 Å². The highest BCUT2D eigenvalue weighted by Gasteiger charge is 2.28. The quantitative estimate of drug-likeness (QED) is 0.366. The van der Waals surface area contributed by atoms with Crippen molar-refractivity contribution in [2.75, 3.05) is 24.2 Å². The third-order valence-corrected chi connectivity index (χ3v) is 6.54. The molecule has 0 bridgehead atoms. The molecule has 4 rings (SSSR count). The molecule has 0 radical (unpaired) electrons. The molecule has 1 atom stereocenters. The Kier molecular flexibility index (Phi) is 9.16. The highest BCUT2D eigenvalue weighted by molar-refractivity contribution is 5.94. The normalized spacial score (nSPS) is 14.2. The van der Waals surface area contributed by atoms with Crippen LogP contribution in [0.2, 0.25) is 0 Å². The van der Waals surface area contributed by atoms with Crippen LogP contribution >= 0.6 is 0 Å². The predicted octanol–water partition coefficient (Wildman–Crippen LogP) is 4.53. The molecule has 3 aromatic rings. The largest absolute Gasteiger partial charge is 0.444 e. The molecule has 9 heteroatoms. The fourth-order valence-electron chi connectivity index (χ4n) is 4.61. The van der Waals surface area contributed by atoms with Crippen LogP contribution < -0.4 is 16.0 Å². The van der Waals surface area contributed by atoms with Crippen molar-refractivity contribution < 1.29 is 19.1 Å². The van der Waals surface area contributed by atoms with Gasteiger partial charge in [-0.2, -0.15) is 0 Å². The van der Waals surface area contributed by atoms with E-state index in [9.17, 15) is 14.4 Å². The first kappa shape index (κ1) is 28.8. The second-order valence-corrected chi connectivity index (χ2v) is 11.0. The van der Waals surface area contributed by atoms with E-state index in [-0.39, 0.29) is 30.4 Å². The van der Waals surface area contributed by atoms with Crippen LogP contribution in [0, 0.1) is 5.92 Å². The average molecular weight is 544 g/mol. The van der Waals surface area contributed by atoms with Crippen molar-refractivity contribution >= 4 is 29.4 Å².